The van der Waals surface area contributed by atoms with E-state index in [-0.39, 0.29) is 29.3 Å². The number of esters is 1. The molecule has 2 aromatic heterocycles. The van der Waals surface area contributed by atoms with Crippen molar-refractivity contribution in [2.24, 2.45) is 4.99 Å². The second kappa shape index (κ2) is 11.8. The lowest BCUT2D eigenvalue weighted by Gasteiger charge is -2.24. The summed E-state index contributed by atoms with van der Waals surface area (Å²) < 4.78 is 14.6. The number of ether oxygens (including phenoxy) is 2. The maximum absolute atomic E-state index is 14.2. The molecular formula is C33H28N4O6S. The first-order valence-corrected chi connectivity index (χ1v) is 14.8. The molecule has 3 heterocycles. The van der Waals surface area contributed by atoms with Gasteiger partial charge in [0.1, 0.15) is 5.75 Å². The predicted molar refractivity (Wildman–Crippen MR) is 168 cm³/mol. The third-order valence-corrected chi connectivity index (χ3v) is 8.57. The number of hydrogen-bond acceptors (Lipinski definition) is 8. The first-order valence-electron chi connectivity index (χ1n) is 13.9. The lowest BCUT2D eigenvalue weighted by molar-refractivity contribution is -0.385. The third-order valence-electron chi connectivity index (χ3n) is 7.59. The summed E-state index contributed by atoms with van der Waals surface area (Å²) in [5.74, 6) is 0.111. The van der Waals surface area contributed by atoms with Gasteiger partial charge in [0.25, 0.3) is 11.2 Å². The molecule has 0 amide bonds. The molecule has 0 N–H and O–H groups in total. The first kappa shape index (κ1) is 28.8. The highest BCUT2D eigenvalue weighted by Gasteiger charge is 2.33. The van der Waals surface area contributed by atoms with Gasteiger partial charge in [-0.05, 0) is 49.8 Å². The number of carbonyl (C=O) groups is 1. The van der Waals surface area contributed by atoms with Crippen LogP contribution in [0.15, 0.2) is 99.9 Å². The number of nitro groups is 1. The lowest BCUT2D eigenvalue weighted by atomic mass is 9.96. The Hall–Kier alpha value is -5.29. The Bertz CT molecular complexity index is 2140. The van der Waals surface area contributed by atoms with Crippen molar-refractivity contribution in [2.45, 2.75) is 26.4 Å². The number of rotatable bonds is 8. The molecule has 0 fully saturated rings. The maximum atomic E-state index is 14.2. The van der Waals surface area contributed by atoms with Crippen LogP contribution >= 0.6 is 11.3 Å². The van der Waals surface area contributed by atoms with Crippen LogP contribution in [-0.4, -0.2) is 33.7 Å². The fourth-order valence-electron chi connectivity index (χ4n) is 5.55. The van der Waals surface area contributed by atoms with Crippen LogP contribution in [0, 0.1) is 10.1 Å². The lowest BCUT2D eigenvalue weighted by Crippen LogP contribution is -2.40. The fourth-order valence-corrected chi connectivity index (χ4v) is 6.58. The third kappa shape index (κ3) is 5.11. The molecule has 11 heteroatoms. The van der Waals surface area contributed by atoms with Crippen molar-refractivity contribution in [2.75, 3.05) is 13.7 Å². The average molecular weight is 609 g/mol. The molecule has 1 aliphatic heterocycles. The highest BCUT2D eigenvalue weighted by atomic mass is 32.1. The van der Waals surface area contributed by atoms with E-state index in [4.69, 9.17) is 9.47 Å². The van der Waals surface area contributed by atoms with E-state index in [1.165, 1.54) is 22.0 Å². The monoisotopic (exact) mass is 608 g/mol. The van der Waals surface area contributed by atoms with Crippen LogP contribution < -0.4 is 19.6 Å². The SMILES string of the molecule is CCOC(=O)C1=C(C)N=c2s/c(=C/c3cc4ccccc4n3Cc3ccccc3[N+](=O)[O-])c(=O)n2[C@H]1c1ccc(OC)cc1. The van der Waals surface area contributed by atoms with Crippen LogP contribution in [0.25, 0.3) is 17.0 Å². The van der Waals surface area contributed by atoms with Crippen molar-refractivity contribution in [3.63, 3.8) is 0 Å². The summed E-state index contributed by atoms with van der Waals surface area (Å²) in [6.45, 7) is 3.88. The van der Waals surface area contributed by atoms with E-state index in [1.807, 2.05) is 47.0 Å². The molecular weight excluding hydrogens is 580 g/mol. The smallest absolute Gasteiger partial charge is 0.338 e. The summed E-state index contributed by atoms with van der Waals surface area (Å²) in [5.41, 5.74) is 3.32. The van der Waals surface area contributed by atoms with E-state index in [9.17, 15) is 19.7 Å². The number of allylic oxidation sites excluding steroid dienone is 1. The quantitative estimate of drug-likeness (QED) is 0.143. The highest BCUT2D eigenvalue weighted by Crippen LogP contribution is 2.32. The molecule has 5 aromatic rings. The molecule has 0 spiro atoms. The van der Waals surface area contributed by atoms with Crippen LogP contribution in [0.1, 0.15) is 36.7 Å². The Morgan fingerprint density at radius 3 is 2.55 bits per heavy atom. The van der Waals surface area contributed by atoms with Gasteiger partial charge in [-0.1, -0.05) is 59.9 Å². The van der Waals surface area contributed by atoms with Gasteiger partial charge in [-0.15, -0.1) is 0 Å². The van der Waals surface area contributed by atoms with Crippen molar-refractivity contribution in [3.05, 3.63) is 137 Å². The summed E-state index contributed by atoms with van der Waals surface area (Å²) in [6.07, 6.45) is 1.78. The summed E-state index contributed by atoms with van der Waals surface area (Å²) >= 11 is 1.22. The molecule has 6 rings (SSSR count). The minimum Gasteiger partial charge on any atom is -0.497 e. The average Bonchev–Trinajstić information content (AvgIpc) is 3.52. The minimum absolute atomic E-state index is 0.0251. The molecule has 0 aliphatic carbocycles. The molecule has 0 bridgehead atoms. The zero-order valence-electron chi connectivity index (χ0n) is 24.2. The van der Waals surface area contributed by atoms with Crippen molar-refractivity contribution in [3.8, 4) is 5.75 Å². The highest BCUT2D eigenvalue weighted by molar-refractivity contribution is 7.07. The van der Waals surface area contributed by atoms with Gasteiger partial charge >= 0.3 is 5.97 Å². The molecule has 1 atom stereocenters. The van der Waals surface area contributed by atoms with Gasteiger partial charge in [0.2, 0.25) is 0 Å². The van der Waals surface area contributed by atoms with Crippen LogP contribution in [0.5, 0.6) is 5.75 Å². The van der Waals surface area contributed by atoms with Crippen molar-refractivity contribution in [1.82, 2.24) is 9.13 Å². The van der Waals surface area contributed by atoms with E-state index >= 15 is 0 Å². The van der Waals surface area contributed by atoms with Gasteiger partial charge in [0.05, 0.1) is 47.0 Å². The number of nitrogens with zero attached hydrogens (tertiary/aromatic N) is 4. The number of hydrogen-bond donors (Lipinski definition) is 0. The molecule has 1 aliphatic rings. The van der Waals surface area contributed by atoms with Crippen molar-refractivity contribution in [1.29, 1.82) is 0 Å². The molecule has 0 saturated heterocycles. The largest absolute Gasteiger partial charge is 0.497 e. The Morgan fingerprint density at radius 2 is 1.82 bits per heavy atom. The molecule has 0 unspecified atom stereocenters. The van der Waals surface area contributed by atoms with Gasteiger partial charge in [0, 0.05) is 28.2 Å². The Morgan fingerprint density at radius 1 is 1.09 bits per heavy atom. The van der Waals surface area contributed by atoms with Crippen LogP contribution in [-0.2, 0) is 16.1 Å². The molecule has 222 valence electrons. The minimum atomic E-state index is -0.754. The number of nitro benzene ring substituents is 1. The zero-order valence-corrected chi connectivity index (χ0v) is 25.0. The number of fused-ring (bicyclic) bond motifs is 2. The van der Waals surface area contributed by atoms with Gasteiger partial charge < -0.3 is 14.0 Å². The van der Waals surface area contributed by atoms with Gasteiger partial charge in [0.15, 0.2) is 4.80 Å². The van der Waals surface area contributed by atoms with E-state index in [0.29, 0.717) is 43.2 Å². The normalized spacial score (nSPS) is 14.8. The fraction of sp³-hybridized carbons (Fsp3) is 0.182. The summed E-state index contributed by atoms with van der Waals surface area (Å²) in [4.78, 5) is 43.9. The standard InChI is InChI=1S/C33H28N4O6S/c1-4-43-32(39)29-20(2)34-33-36(30(29)21-13-15-25(42-3)16-14-21)31(38)28(44-33)18-24-17-22-9-5-7-11-26(22)35(24)19-23-10-6-8-12-27(23)37(40)41/h5-18,30H,4,19H2,1-3H3/b28-18+/t30-/m0/s1. The van der Waals surface area contributed by atoms with Crippen LogP contribution in [0.2, 0.25) is 0 Å². The Labute approximate surface area is 255 Å². The van der Waals surface area contributed by atoms with E-state index in [2.05, 4.69) is 4.99 Å². The van der Waals surface area contributed by atoms with E-state index in [0.717, 1.165) is 10.9 Å². The van der Waals surface area contributed by atoms with Gasteiger partial charge in [-0.25, -0.2) is 9.79 Å². The van der Waals surface area contributed by atoms with E-state index < -0.39 is 12.0 Å². The number of thiazole rings is 1. The van der Waals surface area contributed by atoms with Gasteiger partial charge in [-0.3, -0.25) is 19.5 Å². The molecule has 0 saturated carbocycles. The summed E-state index contributed by atoms with van der Waals surface area (Å²) in [5, 5.41) is 12.7. The predicted octanol–water partition coefficient (Wildman–Crippen LogP) is 4.72. The zero-order chi connectivity index (χ0) is 31.0. The molecule has 3 aromatic carbocycles. The number of para-hydroxylation sites is 2. The van der Waals surface area contributed by atoms with Gasteiger partial charge in [-0.2, -0.15) is 0 Å². The Kier molecular flexibility index (Phi) is 7.71. The Balaban J connectivity index is 1.54. The second-order valence-corrected chi connectivity index (χ2v) is 11.2. The number of benzene rings is 3. The number of methoxy groups -OCH3 is 1. The van der Waals surface area contributed by atoms with Crippen LogP contribution in [0.3, 0.4) is 0 Å². The molecule has 44 heavy (non-hydrogen) atoms. The summed E-state index contributed by atoms with van der Waals surface area (Å²) in [7, 11) is 1.57. The molecule has 0 radical (unpaired) electrons. The summed E-state index contributed by atoms with van der Waals surface area (Å²) in [6, 6.07) is 22.8. The number of carbonyl (C=O) groups excluding carboxylic acids is 1. The van der Waals surface area contributed by atoms with Crippen molar-refractivity contribution >= 4 is 40.0 Å². The topological polar surface area (TPSA) is 118 Å². The number of aromatic nitrogens is 2. The first-order chi connectivity index (χ1) is 21.3. The van der Waals surface area contributed by atoms with E-state index in [1.54, 1.807) is 57.4 Å². The maximum Gasteiger partial charge on any atom is 0.338 e. The van der Waals surface area contributed by atoms with Crippen molar-refractivity contribution < 1.29 is 19.2 Å². The molecule has 10 nitrogen and oxygen atoms in total. The second-order valence-electron chi connectivity index (χ2n) is 10.2. The van der Waals surface area contributed by atoms with Crippen LogP contribution in [0.4, 0.5) is 5.69 Å².